The molecule has 6 nitrogen and oxygen atoms in total. The van der Waals surface area contributed by atoms with E-state index in [0.29, 0.717) is 17.7 Å². The van der Waals surface area contributed by atoms with Crippen LogP contribution in [0.5, 0.6) is 5.75 Å². The van der Waals surface area contributed by atoms with Crippen LogP contribution in [0.2, 0.25) is 0 Å². The van der Waals surface area contributed by atoms with E-state index in [1.165, 1.54) is 18.9 Å². The number of ether oxygens (including phenoxy) is 1. The maximum atomic E-state index is 12.3. The molecular weight excluding hydrogens is 286 g/mol. The molecule has 1 aromatic carbocycles. The zero-order chi connectivity index (χ0) is 16.3. The van der Waals surface area contributed by atoms with Crippen molar-refractivity contribution in [1.82, 2.24) is 4.90 Å². The van der Waals surface area contributed by atoms with E-state index in [0.717, 1.165) is 0 Å². The normalized spacial score (nSPS) is 18.0. The summed E-state index contributed by atoms with van der Waals surface area (Å²) in [7, 11) is 1.50. The highest BCUT2D eigenvalue weighted by molar-refractivity contribution is 6.08. The van der Waals surface area contributed by atoms with Gasteiger partial charge in [0.25, 0.3) is 5.91 Å². The molecule has 2 N–H and O–H groups in total. The Hall–Kier alpha value is -2.34. The van der Waals surface area contributed by atoms with Crippen molar-refractivity contribution in [2.45, 2.75) is 19.4 Å². The van der Waals surface area contributed by atoms with E-state index in [1.54, 1.807) is 24.3 Å². The highest BCUT2D eigenvalue weighted by atomic mass is 16.5. The molecule has 2 rings (SSSR count). The van der Waals surface area contributed by atoms with Crippen LogP contribution >= 0.6 is 0 Å². The van der Waals surface area contributed by atoms with Crippen LogP contribution in [0.3, 0.4) is 0 Å². The Balaban J connectivity index is 2.54. The van der Waals surface area contributed by atoms with Crippen molar-refractivity contribution in [3.8, 4) is 5.75 Å². The van der Waals surface area contributed by atoms with E-state index in [4.69, 9.17) is 9.84 Å². The summed E-state index contributed by atoms with van der Waals surface area (Å²) in [4.78, 5) is 25.6. The lowest BCUT2D eigenvalue weighted by molar-refractivity contribution is -0.129. The molecule has 0 aromatic heterocycles. The van der Waals surface area contributed by atoms with Gasteiger partial charge in [-0.3, -0.25) is 9.59 Å². The molecule has 0 aliphatic carbocycles. The van der Waals surface area contributed by atoms with Crippen LogP contribution in [0.25, 0.3) is 0 Å². The van der Waals surface area contributed by atoms with Crippen molar-refractivity contribution in [2.24, 2.45) is 0 Å². The number of Topliss-reactive ketones (excluding diaryl/α,β-unsaturated/α-hetero) is 1. The fraction of sp³-hybridized carbons (Fsp3) is 0.375. The highest BCUT2D eigenvalue weighted by Crippen LogP contribution is 2.41. The van der Waals surface area contributed by atoms with Crippen molar-refractivity contribution in [2.75, 3.05) is 20.3 Å². The zero-order valence-electron chi connectivity index (χ0n) is 12.6. The Morgan fingerprint density at radius 3 is 2.64 bits per heavy atom. The lowest BCUT2D eigenvalue weighted by atomic mass is 9.96. The second-order valence-electron chi connectivity index (χ2n) is 5.04. The summed E-state index contributed by atoms with van der Waals surface area (Å²) in [6, 6.07) is 6.35. The number of ketones is 1. The first kappa shape index (κ1) is 16.0. The minimum absolute atomic E-state index is 0.0624. The summed E-state index contributed by atoms with van der Waals surface area (Å²) in [5.74, 6) is -0.966. The number of amides is 1. The number of methoxy groups -OCH3 is 1. The van der Waals surface area contributed by atoms with Crippen LogP contribution in [0.1, 0.15) is 24.9 Å². The summed E-state index contributed by atoms with van der Waals surface area (Å²) in [6.07, 6.45) is 0.357. The van der Waals surface area contributed by atoms with E-state index in [9.17, 15) is 14.7 Å². The van der Waals surface area contributed by atoms with E-state index < -0.39 is 17.7 Å². The van der Waals surface area contributed by atoms with Gasteiger partial charge in [0.05, 0.1) is 18.7 Å². The molecule has 1 amide bonds. The minimum Gasteiger partial charge on any atom is -0.503 e. The van der Waals surface area contributed by atoms with Gasteiger partial charge in [-0.2, -0.15) is 0 Å². The summed E-state index contributed by atoms with van der Waals surface area (Å²) >= 11 is 0. The van der Waals surface area contributed by atoms with Gasteiger partial charge in [-0.15, -0.1) is 0 Å². The van der Waals surface area contributed by atoms with Gasteiger partial charge in [0.15, 0.2) is 11.5 Å². The average Bonchev–Trinajstić information content (AvgIpc) is 2.77. The third-order valence-electron chi connectivity index (χ3n) is 3.67. The van der Waals surface area contributed by atoms with Crippen LogP contribution in [0.4, 0.5) is 0 Å². The number of aliphatic hydroxyl groups excluding tert-OH is 2. The van der Waals surface area contributed by atoms with Crippen molar-refractivity contribution in [3.63, 3.8) is 0 Å². The Kier molecular flexibility index (Phi) is 4.82. The first-order chi connectivity index (χ1) is 10.5. The first-order valence-electron chi connectivity index (χ1n) is 7.01. The van der Waals surface area contributed by atoms with Crippen molar-refractivity contribution in [1.29, 1.82) is 0 Å². The van der Waals surface area contributed by atoms with Crippen molar-refractivity contribution < 1.29 is 24.5 Å². The molecule has 118 valence electrons. The van der Waals surface area contributed by atoms with E-state index in [-0.39, 0.29) is 24.5 Å². The Labute approximate surface area is 128 Å². The highest BCUT2D eigenvalue weighted by Gasteiger charge is 2.42. The topological polar surface area (TPSA) is 87.1 Å². The molecule has 6 heteroatoms. The standard InChI is InChI=1S/C16H19NO5/c1-10(19)13-14(11-6-3-4-7-12(11)22-2)17(8-5-9-18)16(21)15(13)20/h3-4,6-7,14,18,20H,5,8-9H2,1-2H3. The van der Waals surface area contributed by atoms with Crippen LogP contribution < -0.4 is 4.74 Å². The summed E-state index contributed by atoms with van der Waals surface area (Å²) in [6.45, 7) is 1.47. The number of hydrogen-bond acceptors (Lipinski definition) is 5. The second kappa shape index (κ2) is 6.62. The molecule has 1 atom stereocenters. The number of para-hydroxylation sites is 1. The maximum absolute atomic E-state index is 12.3. The molecule has 0 fully saturated rings. The number of benzene rings is 1. The molecular formula is C16H19NO5. The zero-order valence-corrected chi connectivity index (χ0v) is 12.6. The monoisotopic (exact) mass is 305 g/mol. The van der Waals surface area contributed by atoms with E-state index >= 15 is 0 Å². The molecule has 0 saturated heterocycles. The Bertz CT molecular complexity index is 623. The van der Waals surface area contributed by atoms with Crippen LogP contribution in [0.15, 0.2) is 35.6 Å². The minimum atomic E-state index is -0.701. The van der Waals surface area contributed by atoms with E-state index in [2.05, 4.69) is 0 Å². The molecule has 0 spiro atoms. The largest absolute Gasteiger partial charge is 0.503 e. The lowest BCUT2D eigenvalue weighted by Gasteiger charge is -2.27. The van der Waals surface area contributed by atoms with Gasteiger partial charge in [0.2, 0.25) is 0 Å². The van der Waals surface area contributed by atoms with Crippen molar-refractivity contribution >= 4 is 11.7 Å². The van der Waals surface area contributed by atoms with E-state index in [1.807, 2.05) is 0 Å². The SMILES string of the molecule is COc1ccccc1C1C(C(C)=O)=C(O)C(=O)N1CCCO. The number of carbonyl (C=O) groups excluding carboxylic acids is 2. The molecule has 0 saturated carbocycles. The number of aliphatic hydroxyl groups is 2. The summed E-state index contributed by atoms with van der Waals surface area (Å²) in [5.41, 5.74) is 0.693. The summed E-state index contributed by atoms with van der Waals surface area (Å²) in [5, 5.41) is 19.1. The smallest absolute Gasteiger partial charge is 0.290 e. The van der Waals surface area contributed by atoms with Crippen LogP contribution in [-0.2, 0) is 9.59 Å². The van der Waals surface area contributed by atoms with Gasteiger partial charge in [0, 0.05) is 18.7 Å². The molecule has 1 aliphatic rings. The summed E-state index contributed by atoms with van der Waals surface area (Å²) < 4.78 is 5.31. The fourth-order valence-corrected chi connectivity index (χ4v) is 2.70. The van der Waals surface area contributed by atoms with Crippen LogP contribution in [-0.4, -0.2) is 47.1 Å². The molecule has 0 bridgehead atoms. The van der Waals surface area contributed by atoms with Gasteiger partial charge in [-0.1, -0.05) is 18.2 Å². The number of hydrogen-bond donors (Lipinski definition) is 2. The number of rotatable bonds is 6. The molecule has 1 aliphatic heterocycles. The molecule has 22 heavy (non-hydrogen) atoms. The molecule has 1 heterocycles. The van der Waals surface area contributed by atoms with Gasteiger partial charge >= 0.3 is 0 Å². The number of nitrogens with zero attached hydrogens (tertiary/aromatic N) is 1. The lowest BCUT2D eigenvalue weighted by Crippen LogP contribution is -2.32. The first-order valence-corrected chi connectivity index (χ1v) is 7.01. The predicted octanol–water partition coefficient (Wildman–Crippen LogP) is 1.36. The Morgan fingerprint density at radius 2 is 2.05 bits per heavy atom. The molecule has 0 radical (unpaired) electrons. The fourth-order valence-electron chi connectivity index (χ4n) is 2.70. The molecule has 1 unspecified atom stereocenters. The van der Waals surface area contributed by atoms with Crippen molar-refractivity contribution in [3.05, 3.63) is 41.2 Å². The quantitative estimate of drug-likeness (QED) is 0.828. The predicted molar refractivity (Wildman–Crippen MR) is 79.5 cm³/mol. The van der Waals surface area contributed by atoms with Gasteiger partial charge in [-0.05, 0) is 19.4 Å². The van der Waals surface area contributed by atoms with Gasteiger partial charge < -0.3 is 19.8 Å². The average molecular weight is 305 g/mol. The third-order valence-corrected chi connectivity index (χ3v) is 3.67. The number of carbonyl (C=O) groups is 2. The second-order valence-corrected chi connectivity index (χ2v) is 5.04. The third kappa shape index (κ3) is 2.69. The Morgan fingerprint density at radius 1 is 1.36 bits per heavy atom. The molecule has 1 aromatic rings. The van der Waals surface area contributed by atoms with Gasteiger partial charge in [0.1, 0.15) is 5.75 Å². The maximum Gasteiger partial charge on any atom is 0.290 e. The van der Waals surface area contributed by atoms with Gasteiger partial charge in [-0.25, -0.2) is 0 Å². The van der Waals surface area contributed by atoms with Crippen LogP contribution in [0, 0.1) is 0 Å².